The lowest BCUT2D eigenvalue weighted by Gasteiger charge is -2.34. The highest BCUT2D eigenvalue weighted by Gasteiger charge is 2.24. The van der Waals surface area contributed by atoms with Crippen molar-refractivity contribution >= 4 is 28.4 Å². The predicted molar refractivity (Wildman–Crippen MR) is 112 cm³/mol. The predicted octanol–water partition coefficient (Wildman–Crippen LogP) is 3.12. The van der Waals surface area contributed by atoms with Gasteiger partial charge in [-0.2, -0.15) is 0 Å². The highest BCUT2D eigenvalue weighted by molar-refractivity contribution is 6.32. The van der Waals surface area contributed by atoms with Crippen LogP contribution in [0, 0.1) is 0 Å². The molecule has 2 aromatic rings. The molecule has 2 aliphatic rings. The van der Waals surface area contributed by atoms with Crippen molar-refractivity contribution in [2.75, 3.05) is 39.3 Å². The molecule has 0 unspecified atom stereocenters. The van der Waals surface area contributed by atoms with Gasteiger partial charge in [0.05, 0.1) is 5.02 Å². The number of carbonyl (C=O) groups excluding carboxylic acids is 1. The molecule has 0 spiro atoms. The standard InChI is InChI=1S/C21H29ClN4O2/c1-14(2)25-7-3-16(4-8-25)28-20-12-15-11-19(24-18(15)13-17(20)22)21(27)26-9-5-23-6-10-26/h11-14,16,23-24H,3-10H2,1-2H3. The van der Waals surface area contributed by atoms with Gasteiger partial charge in [-0.05, 0) is 44.9 Å². The van der Waals surface area contributed by atoms with Crippen LogP contribution in [0.15, 0.2) is 18.2 Å². The number of ether oxygens (including phenoxy) is 1. The van der Waals surface area contributed by atoms with Crippen LogP contribution in [0.3, 0.4) is 0 Å². The maximum absolute atomic E-state index is 12.7. The third-order valence-electron chi connectivity index (χ3n) is 5.81. The molecule has 1 aromatic heterocycles. The molecule has 2 fully saturated rings. The fourth-order valence-electron chi connectivity index (χ4n) is 4.07. The van der Waals surface area contributed by atoms with Crippen LogP contribution in [0.1, 0.15) is 37.2 Å². The van der Waals surface area contributed by atoms with Crippen LogP contribution in [0.25, 0.3) is 10.9 Å². The van der Waals surface area contributed by atoms with Crippen LogP contribution >= 0.6 is 11.6 Å². The number of fused-ring (bicyclic) bond motifs is 1. The van der Waals surface area contributed by atoms with E-state index in [4.69, 9.17) is 16.3 Å². The second-order valence-corrected chi connectivity index (χ2v) is 8.45. The van der Waals surface area contributed by atoms with E-state index in [1.165, 1.54) is 0 Å². The fourth-order valence-corrected chi connectivity index (χ4v) is 4.28. The summed E-state index contributed by atoms with van der Waals surface area (Å²) in [7, 11) is 0. The number of aromatic amines is 1. The average Bonchev–Trinajstić information content (AvgIpc) is 3.11. The number of halogens is 1. The van der Waals surface area contributed by atoms with Crippen molar-refractivity contribution in [3.8, 4) is 5.75 Å². The average molecular weight is 405 g/mol. The van der Waals surface area contributed by atoms with Crippen LogP contribution in [-0.2, 0) is 0 Å². The molecule has 0 radical (unpaired) electrons. The number of likely N-dealkylation sites (tertiary alicyclic amines) is 1. The van der Waals surface area contributed by atoms with E-state index < -0.39 is 0 Å². The van der Waals surface area contributed by atoms with E-state index in [2.05, 4.69) is 29.0 Å². The van der Waals surface area contributed by atoms with Gasteiger partial charge < -0.3 is 24.8 Å². The monoisotopic (exact) mass is 404 g/mol. The maximum atomic E-state index is 12.7. The summed E-state index contributed by atoms with van der Waals surface area (Å²) in [6, 6.07) is 6.30. The molecule has 28 heavy (non-hydrogen) atoms. The van der Waals surface area contributed by atoms with Gasteiger partial charge in [0.2, 0.25) is 0 Å². The van der Waals surface area contributed by atoms with Crippen LogP contribution in [0.5, 0.6) is 5.75 Å². The summed E-state index contributed by atoms with van der Waals surface area (Å²) in [5.74, 6) is 0.745. The number of hydrogen-bond acceptors (Lipinski definition) is 4. The summed E-state index contributed by atoms with van der Waals surface area (Å²) in [5, 5.41) is 4.81. The number of carbonyl (C=O) groups is 1. The summed E-state index contributed by atoms with van der Waals surface area (Å²) < 4.78 is 6.23. The zero-order valence-electron chi connectivity index (χ0n) is 16.6. The molecule has 0 aliphatic carbocycles. The van der Waals surface area contributed by atoms with E-state index in [-0.39, 0.29) is 12.0 Å². The molecule has 0 atom stereocenters. The molecular weight excluding hydrogens is 376 g/mol. The van der Waals surface area contributed by atoms with E-state index in [1.54, 1.807) is 0 Å². The molecule has 3 heterocycles. The van der Waals surface area contributed by atoms with Crippen molar-refractivity contribution in [1.29, 1.82) is 0 Å². The van der Waals surface area contributed by atoms with Gasteiger partial charge in [0.15, 0.2) is 0 Å². The molecule has 6 nitrogen and oxygen atoms in total. The molecule has 0 saturated carbocycles. The molecule has 7 heteroatoms. The highest BCUT2D eigenvalue weighted by atomic mass is 35.5. The zero-order chi connectivity index (χ0) is 19.7. The summed E-state index contributed by atoms with van der Waals surface area (Å²) in [4.78, 5) is 20.3. The number of nitrogens with zero attached hydrogens (tertiary/aromatic N) is 2. The number of H-pyrrole nitrogens is 1. The van der Waals surface area contributed by atoms with Gasteiger partial charge >= 0.3 is 0 Å². The molecule has 2 aliphatic heterocycles. The van der Waals surface area contributed by atoms with Crippen LogP contribution in [-0.4, -0.2) is 72.1 Å². The first-order valence-electron chi connectivity index (χ1n) is 10.2. The molecule has 4 rings (SSSR count). The van der Waals surface area contributed by atoms with Crippen molar-refractivity contribution in [3.63, 3.8) is 0 Å². The number of benzene rings is 1. The molecule has 2 N–H and O–H groups in total. The largest absolute Gasteiger partial charge is 0.489 e. The summed E-state index contributed by atoms with van der Waals surface area (Å²) >= 11 is 6.48. The molecular formula is C21H29ClN4O2. The van der Waals surface area contributed by atoms with Crippen molar-refractivity contribution in [2.45, 2.75) is 38.8 Å². The Morgan fingerprint density at radius 1 is 1.14 bits per heavy atom. The zero-order valence-corrected chi connectivity index (χ0v) is 17.4. The van der Waals surface area contributed by atoms with Gasteiger partial charge in [0.1, 0.15) is 17.5 Å². The Bertz CT molecular complexity index is 836. The number of rotatable bonds is 4. The lowest BCUT2D eigenvalue weighted by molar-refractivity contribution is 0.0730. The quantitative estimate of drug-likeness (QED) is 0.821. The minimum atomic E-state index is 0.0392. The second kappa shape index (κ2) is 8.31. The Hall–Kier alpha value is -1.76. The third kappa shape index (κ3) is 4.14. The summed E-state index contributed by atoms with van der Waals surface area (Å²) in [6.07, 6.45) is 2.20. The minimum Gasteiger partial charge on any atom is -0.489 e. The first-order chi connectivity index (χ1) is 13.5. The summed E-state index contributed by atoms with van der Waals surface area (Å²) in [6.45, 7) is 9.72. The van der Waals surface area contributed by atoms with E-state index >= 15 is 0 Å². The van der Waals surface area contributed by atoms with E-state index in [0.717, 1.165) is 63.0 Å². The normalized spacial score (nSPS) is 19.5. The smallest absolute Gasteiger partial charge is 0.270 e. The van der Waals surface area contributed by atoms with Crippen molar-refractivity contribution in [1.82, 2.24) is 20.1 Å². The Labute approximate surface area is 171 Å². The fraction of sp³-hybridized carbons (Fsp3) is 0.571. The van der Waals surface area contributed by atoms with Crippen molar-refractivity contribution < 1.29 is 9.53 Å². The Kier molecular flexibility index (Phi) is 5.80. The topological polar surface area (TPSA) is 60.6 Å². The van der Waals surface area contributed by atoms with Crippen molar-refractivity contribution in [3.05, 3.63) is 28.9 Å². The number of nitrogens with one attached hydrogen (secondary N) is 2. The lowest BCUT2D eigenvalue weighted by atomic mass is 10.1. The number of piperazine rings is 1. The molecule has 2 saturated heterocycles. The Balaban J connectivity index is 1.48. The van der Waals surface area contributed by atoms with Gasteiger partial charge in [-0.3, -0.25) is 4.79 Å². The van der Waals surface area contributed by atoms with Gasteiger partial charge in [-0.1, -0.05) is 11.6 Å². The van der Waals surface area contributed by atoms with Crippen LogP contribution in [0.4, 0.5) is 0 Å². The number of piperidine rings is 1. The first-order valence-corrected chi connectivity index (χ1v) is 10.6. The molecule has 1 amide bonds. The molecule has 0 bridgehead atoms. The van der Waals surface area contributed by atoms with Gasteiger partial charge in [-0.15, -0.1) is 0 Å². The van der Waals surface area contributed by atoms with Gasteiger partial charge in [0, 0.05) is 56.2 Å². The Morgan fingerprint density at radius 3 is 2.54 bits per heavy atom. The van der Waals surface area contributed by atoms with Crippen LogP contribution in [0.2, 0.25) is 5.02 Å². The molecule has 1 aromatic carbocycles. The summed E-state index contributed by atoms with van der Waals surface area (Å²) in [5.41, 5.74) is 1.47. The van der Waals surface area contributed by atoms with Gasteiger partial charge in [0.25, 0.3) is 5.91 Å². The minimum absolute atomic E-state index is 0.0392. The van der Waals surface area contributed by atoms with Crippen LogP contribution < -0.4 is 10.1 Å². The second-order valence-electron chi connectivity index (χ2n) is 8.04. The Morgan fingerprint density at radius 2 is 1.86 bits per heavy atom. The SMILES string of the molecule is CC(C)N1CCC(Oc2cc3cc(C(=O)N4CCNCC4)[nH]c3cc2Cl)CC1. The first kappa shape index (κ1) is 19.6. The number of amides is 1. The lowest BCUT2D eigenvalue weighted by Crippen LogP contribution is -2.46. The number of hydrogen-bond donors (Lipinski definition) is 2. The van der Waals surface area contributed by atoms with E-state index in [1.807, 2.05) is 23.1 Å². The third-order valence-corrected chi connectivity index (χ3v) is 6.10. The number of aromatic nitrogens is 1. The maximum Gasteiger partial charge on any atom is 0.270 e. The molecule has 152 valence electrons. The van der Waals surface area contributed by atoms with E-state index in [9.17, 15) is 4.79 Å². The highest BCUT2D eigenvalue weighted by Crippen LogP contribution is 2.32. The van der Waals surface area contributed by atoms with E-state index in [0.29, 0.717) is 22.5 Å². The van der Waals surface area contributed by atoms with Gasteiger partial charge in [-0.25, -0.2) is 0 Å². The van der Waals surface area contributed by atoms with Crippen molar-refractivity contribution in [2.24, 2.45) is 0 Å².